The third kappa shape index (κ3) is 5.84. The molecule has 33 heavy (non-hydrogen) atoms. The van der Waals surface area contributed by atoms with Gasteiger partial charge < -0.3 is 0 Å². The summed E-state index contributed by atoms with van der Waals surface area (Å²) < 4.78 is 0. The Kier molecular flexibility index (Phi) is 8.18. The summed E-state index contributed by atoms with van der Waals surface area (Å²) in [5.41, 5.74) is 9.95. The number of unbranched alkanes of at least 4 members (excludes halogenated alkanes) is 2. The maximum atomic E-state index is 2.39. The van der Waals surface area contributed by atoms with E-state index >= 15 is 0 Å². The van der Waals surface area contributed by atoms with E-state index < -0.39 is 9.52 Å². The van der Waals surface area contributed by atoms with Gasteiger partial charge in [-0.2, -0.15) is 0 Å². The van der Waals surface area contributed by atoms with Gasteiger partial charge >= 0.3 is 0 Å². The summed E-state index contributed by atoms with van der Waals surface area (Å²) in [6.45, 7) is 6.82. The van der Waals surface area contributed by atoms with Crippen molar-refractivity contribution in [3.05, 3.63) is 101 Å². The fraction of sp³-hybridized carbons (Fsp3) is 0.312. The quantitative estimate of drug-likeness (QED) is 0.277. The third-order valence-electron chi connectivity index (χ3n) is 6.99. The summed E-state index contributed by atoms with van der Waals surface area (Å²) >= 11 is 0. The molecule has 1 heteroatoms. The van der Waals surface area contributed by atoms with Crippen molar-refractivity contribution in [2.24, 2.45) is 0 Å². The van der Waals surface area contributed by atoms with Crippen molar-refractivity contribution in [3.63, 3.8) is 0 Å². The molecule has 0 N–H and O–H groups in total. The van der Waals surface area contributed by atoms with E-state index in [1.807, 2.05) is 0 Å². The Hall–Kier alpha value is -2.64. The highest BCUT2D eigenvalue weighted by atomic mass is 28.2. The van der Waals surface area contributed by atoms with Gasteiger partial charge in [0.15, 0.2) is 0 Å². The maximum absolute atomic E-state index is 2.39. The summed E-state index contributed by atoms with van der Waals surface area (Å²) in [5.74, 6) is 0. The van der Waals surface area contributed by atoms with Crippen molar-refractivity contribution >= 4 is 14.7 Å². The van der Waals surface area contributed by atoms with Gasteiger partial charge in [-0.25, -0.2) is 0 Å². The van der Waals surface area contributed by atoms with Gasteiger partial charge in [-0.15, -0.1) is 0 Å². The van der Waals surface area contributed by atoms with Crippen LogP contribution in [0.15, 0.2) is 89.7 Å². The number of hydrogen-bond donors (Lipinski definition) is 0. The molecular weight excluding hydrogens is 412 g/mol. The molecule has 0 nitrogen and oxygen atoms in total. The zero-order valence-electron chi connectivity index (χ0n) is 20.7. The van der Waals surface area contributed by atoms with E-state index in [4.69, 9.17) is 0 Å². The lowest BCUT2D eigenvalue weighted by Crippen LogP contribution is -2.20. The summed E-state index contributed by atoms with van der Waals surface area (Å²) in [6, 6.07) is 25.8. The molecule has 4 rings (SSSR count). The van der Waals surface area contributed by atoms with E-state index in [2.05, 4.69) is 99.7 Å². The largest absolute Gasteiger partial charge is 0.0840 e. The molecule has 0 aromatic heterocycles. The first-order chi connectivity index (χ1) is 16.2. The molecule has 0 heterocycles. The first-order valence-corrected chi connectivity index (χ1v) is 14.3. The Morgan fingerprint density at radius 3 is 1.88 bits per heavy atom. The standard InChI is InChI=1S/C32H38Si/c1-4-6-11-25-16-20-27(21-17-25)29-13-9-15-31(33-30-14-8-10-24(30)3)32(29)28-22-18-26(19-23-28)12-7-5-2/h8-10,13,15-23H,4-7,11-12,14,33H2,1-3H3. The highest BCUT2D eigenvalue weighted by Crippen LogP contribution is 2.32. The normalized spacial score (nSPS) is 13.5. The number of allylic oxidation sites excluding steroid dienone is 4. The Morgan fingerprint density at radius 1 is 0.727 bits per heavy atom. The highest BCUT2D eigenvalue weighted by molar-refractivity contribution is 6.63. The van der Waals surface area contributed by atoms with Crippen LogP contribution >= 0.6 is 0 Å². The first-order valence-electron chi connectivity index (χ1n) is 12.8. The minimum absolute atomic E-state index is 0.506. The average Bonchev–Trinajstić information content (AvgIpc) is 3.26. The van der Waals surface area contributed by atoms with Gasteiger partial charge in [0.2, 0.25) is 0 Å². The Morgan fingerprint density at radius 2 is 1.33 bits per heavy atom. The van der Waals surface area contributed by atoms with Crippen LogP contribution in [0.3, 0.4) is 0 Å². The molecule has 0 bridgehead atoms. The number of rotatable bonds is 10. The zero-order valence-corrected chi connectivity index (χ0v) is 22.1. The van der Waals surface area contributed by atoms with E-state index in [0.717, 1.165) is 6.42 Å². The molecule has 3 aromatic carbocycles. The van der Waals surface area contributed by atoms with Crippen molar-refractivity contribution in [1.82, 2.24) is 0 Å². The summed E-state index contributed by atoms with van der Waals surface area (Å²) in [6.07, 6.45) is 13.2. The third-order valence-corrected chi connectivity index (χ3v) is 9.23. The lowest BCUT2D eigenvalue weighted by molar-refractivity contribution is 0.795. The maximum Gasteiger partial charge on any atom is 0.0840 e. The molecule has 0 unspecified atom stereocenters. The molecule has 0 aliphatic heterocycles. The van der Waals surface area contributed by atoms with Crippen LogP contribution < -0.4 is 5.19 Å². The van der Waals surface area contributed by atoms with Crippen molar-refractivity contribution in [3.8, 4) is 22.3 Å². The Balaban J connectivity index is 1.74. The summed E-state index contributed by atoms with van der Waals surface area (Å²) in [7, 11) is -0.506. The second kappa shape index (κ2) is 11.5. The lowest BCUT2D eigenvalue weighted by atomic mass is 9.92. The Bertz CT molecular complexity index is 1110. The van der Waals surface area contributed by atoms with Crippen LogP contribution in [0.1, 0.15) is 64.0 Å². The van der Waals surface area contributed by atoms with Crippen molar-refractivity contribution in [2.75, 3.05) is 0 Å². The topological polar surface area (TPSA) is 0 Å². The molecule has 0 fully saturated rings. The predicted octanol–water partition coefficient (Wildman–Crippen LogP) is 7.73. The number of benzene rings is 3. The van der Waals surface area contributed by atoms with Crippen molar-refractivity contribution in [2.45, 2.75) is 65.7 Å². The van der Waals surface area contributed by atoms with E-state index in [-0.39, 0.29) is 0 Å². The molecule has 170 valence electrons. The van der Waals surface area contributed by atoms with Gasteiger partial charge in [-0.05, 0) is 72.4 Å². The van der Waals surface area contributed by atoms with E-state index in [9.17, 15) is 0 Å². The van der Waals surface area contributed by atoms with Crippen LogP contribution in [0.2, 0.25) is 0 Å². The fourth-order valence-electron chi connectivity index (χ4n) is 4.88. The highest BCUT2D eigenvalue weighted by Gasteiger charge is 2.16. The second-order valence-electron chi connectivity index (χ2n) is 9.51. The summed E-state index contributed by atoms with van der Waals surface area (Å²) in [5, 5.41) is 3.25. The lowest BCUT2D eigenvalue weighted by Gasteiger charge is -2.17. The van der Waals surface area contributed by atoms with Crippen LogP contribution in [-0.4, -0.2) is 9.52 Å². The SMILES string of the molecule is CCCCc1ccc(-c2cccc([SiH2]C3=C(C)C=CC3)c2-c2ccc(CCCC)cc2)cc1. The van der Waals surface area contributed by atoms with Crippen molar-refractivity contribution < 1.29 is 0 Å². The van der Waals surface area contributed by atoms with Crippen LogP contribution in [0.5, 0.6) is 0 Å². The van der Waals surface area contributed by atoms with E-state index in [1.165, 1.54) is 77.5 Å². The molecule has 0 spiro atoms. The van der Waals surface area contributed by atoms with Crippen LogP contribution in [-0.2, 0) is 12.8 Å². The van der Waals surface area contributed by atoms with Gasteiger partial charge in [0.25, 0.3) is 0 Å². The molecule has 0 saturated carbocycles. The molecule has 1 aliphatic carbocycles. The van der Waals surface area contributed by atoms with Gasteiger partial charge in [0.1, 0.15) is 0 Å². The number of aryl methyl sites for hydroxylation is 2. The molecule has 3 aromatic rings. The molecule has 0 atom stereocenters. The van der Waals surface area contributed by atoms with E-state index in [0.29, 0.717) is 0 Å². The minimum Gasteiger partial charge on any atom is -0.0806 e. The fourth-order valence-corrected chi connectivity index (χ4v) is 6.87. The minimum atomic E-state index is -0.506. The van der Waals surface area contributed by atoms with Crippen LogP contribution in [0.4, 0.5) is 0 Å². The van der Waals surface area contributed by atoms with Crippen LogP contribution in [0, 0.1) is 0 Å². The first kappa shape index (κ1) is 23.5. The van der Waals surface area contributed by atoms with Gasteiger partial charge in [0, 0.05) is 0 Å². The zero-order chi connectivity index (χ0) is 23.0. The van der Waals surface area contributed by atoms with Gasteiger partial charge in [-0.3, -0.25) is 0 Å². The van der Waals surface area contributed by atoms with Gasteiger partial charge in [0.05, 0.1) is 9.52 Å². The molecule has 0 radical (unpaired) electrons. The number of hydrogen-bond acceptors (Lipinski definition) is 0. The molecule has 0 amide bonds. The Labute approximate surface area is 203 Å². The van der Waals surface area contributed by atoms with Crippen molar-refractivity contribution in [1.29, 1.82) is 0 Å². The summed E-state index contributed by atoms with van der Waals surface area (Å²) in [4.78, 5) is 0. The smallest absolute Gasteiger partial charge is 0.0806 e. The molecule has 0 saturated heterocycles. The van der Waals surface area contributed by atoms with E-state index in [1.54, 1.807) is 10.4 Å². The average molecular weight is 451 g/mol. The second-order valence-corrected chi connectivity index (χ2v) is 11.5. The molecule has 1 aliphatic rings. The van der Waals surface area contributed by atoms with Gasteiger partial charge in [-0.1, -0.05) is 122 Å². The monoisotopic (exact) mass is 450 g/mol. The predicted molar refractivity (Wildman–Crippen MR) is 149 cm³/mol. The van der Waals surface area contributed by atoms with Crippen LogP contribution in [0.25, 0.3) is 22.3 Å². The molecular formula is C32H38Si.